The monoisotopic (exact) mass is 1020 g/mol. The van der Waals surface area contributed by atoms with Crippen molar-refractivity contribution in [2.75, 3.05) is 19.8 Å². The smallest absolute Gasteiger partial charge is 0.220 e. The Morgan fingerprint density at radius 2 is 0.972 bits per heavy atom. The largest absolute Gasteiger partial charge is 0.394 e. The number of ether oxygens (including phenoxy) is 4. The number of rotatable bonds is 43. The molecule has 0 radical (unpaired) electrons. The van der Waals surface area contributed by atoms with E-state index in [2.05, 4.69) is 79.9 Å². The van der Waals surface area contributed by atoms with Crippen LogP contribution in [-0.4, -0.2) is 140 Å². The first-order valence-corrected chi connectivity index (χ1v) is 28.2. The van der Waals surface area contributed by atoms with E-state index < -0.39 is 86.8 Å². The van der Waals surface area contributed by atoms with E-state index in [0.717, 1.165) is 77.0 Å². The molecule has 9 N–H and O–H groups in total. The Labute approximate surface area is 434 Å². The van der Waals surface area contributed by atoms with Crippen LogP contribution in [-0.2, 0) is 23.7 Å². The lowest BCUT2D eigenvalue weighted by atomic mass is 9.97. The molecule has 416 valence electrons. The summed E-state index contributed by atoms with van der Waals surface area (Å²) >= 11 is 0. The molecule has 0 saturated carbocycles. The summed E-state index contributed by atoms with van der Waals surface area (Å²) < 4.78 is 22.7. The first kappa shape index (κ1) is 65.5. The van der Waals surface area contributed by atoms with E-state index in [9.17, 15) is 45.6 Å². The van der Waals surface area contributed by atoms with Crippen molar-refractivity contribution in [1.82, 2.24) is 5.32 Å². The fourth-order valence-electron chi connectivity index (χ4n) is 8.83. The molecule has 0 aromatic rings. The summed E-state index contributed by atoms with van der Waals surface area (Å²) in [5.41, 5.74) is 0. The Morgan fingerprint density at radius 1 is 0.514 bits per heavy atom. The summed E-state index contributed by atoms with van der Waals surface area (Å²) in [6, 6.07) is -0.943. The number of allylic oxidation sites excluding steroid dienone is 11. The van der Waals surface area contributed by atoms with Gasteiger partial charge >= 0.3 is 0 Å². The van der Waals surface area contributed by atoms with Crippen LogP contribution >= 0.6 is 0 Å². The van der Waals surface area contributed by atoms with E-state index >= 15 is 0 Å². The molecule has 0 aromatic heterocycles. The van der Waals surface area contributed by atoms with Crippen LogP contribution in [0.2, 0.25) is 0 Å². The molecule has 2 aliphatic rings. The summed E-state index contributed by atoms with van der Waals surface area (Å²) in [7, 11) is 0. The lowest BCUT2D eigenvalue weighted by Gasteiger charge is -2.46. The SMILES string of the molecule is CC/C=C\C/C=C\C/C=C\C/C=C\CCCCCCCCC(=O)NC(COC1OC(CO)C(OC2OC(CO)C(O)C(O)C2O)C(O)C1O)C(O)/C=C/CC/C=C/CCCCCCCCCCCCCCC. The van der Waals surface area contributed by atoms with Crippen molar-refractivity contribution >= 4 is 5.91 Å². The van der Waals surface area contributed by atoms with Gasteiger partial charge in [0.2, 0.25) is 5.91 Å². The lowest BCUT2D eigenvalue weighted by Crippen LogP contribution is -2.65. The van der Waals surface area contributed by atoms with Crippen molar-refractivity contribution in [1.29, 1.82) is 0 Å². The average Bonchev–Trinajstić information content (AvgIpc) is 3.38. The predicted molar refractivity (Wildman–Crippen MR) is 286 cm³/mol. The quantitative estimate of drug-likeness (QED) is 0.0206. The molecule has 1 amide bonds. The Kier molecular flexibility index (Phi) is 39.7. The van der Waals surface area contributed by atoms with E-state index in [1.807, 2.05) is 6.08 Å². The van der Waals surface area contributed by atoms with Crippen LogP contribution in [0.4, 0.5) is 0 Å². The maximum absolute atomic E-state index is 13.2. The molecule has 14 nitrogen and oxygen atoms in total. The molecule has 12 unspecified atom stereocenters. The van der Waals surface area contributed by atoms with E-state index in [1.165, 1.54) is 83.5 Å². The third kappa shape index (κ3) is 29.5. The van der Waals surface area contributed by atoms with Crippen LogP contribution in [0.15, 0.2) is 72.9 Å². The Bertz CT molecular complexity index is 1480. The second kappa shape index (κ2) is 43.6. The van der Waals surface area contributed by atoms with Crippen LogP contribution in [0.1, 0.15) is 194 Å². The molecular formula is C58H101NO13. The minimum Gasteiger partial charge on any atom is -0.394 e. The molecule has 14 heteroatoms. The maximum atomic E-state index is 13.2. The van der Waals surface area contributed by atoms with Crippen molar-refractivity contribution in [3.05, 3.63) is 72.9 Å². The first-order chi connectivity index (χ1) is 35.1. The Balaban J connectivity index is 1.83. The minimum atomic E-state index is -1.80. The number of hydrogen-bond acceptors (Lipinski definition) is 13. The van der Waals surface area contributed by atoms with Crippen LogP contribution < -0.4 is 5.32 Å². The summed E-state index contributed by atoms with van der Waals surface area (Å²) in [4.78, 5) is 13.2. The van der Waals surface area contributed by atoms with E-state index in [4.69, 9.17) is 18.9 Å². The van der Waals surface area contributed by atoms with E-state index in [0.29, 0.717) is 12.8 Å². The van der Waals surface area contributed by atoms with Gasteiger partial charge in [0.25, 0.3) is 0 Å². The Hall–Kier alpha value is -2.57. The van der Waals surface area contributed by atoms with Gasteiger partial charge in [-0.05, 0) is 70.6 Å². The highest BCUT2D eigenvalue weighted by atomic mass is 16.7. The molecule has 2 fully saturated rings. The van der Waals surface area contributed by atoms with Crippen molar-refractivity contribution in [3.63, 3.8) is 0 Å². The van der Waals surface area contributed by atoms with Gasteiger partial charge in [-0.2, -0.15) is 0 Å². The van der Waals surface area contributed by atoms with Gasteiger partial charge < -0.3 is 65.1 Å². The summed E-state index contributed by atoms with van der Waals surface area (Å²) in [5.74, 6) is -0.266. The van der Waals surface area contributed by atoms with Crippen LogP contribution in [0.25, 0.3) is 0 Å². The zero-order valence-corrected chi connectivity index (χ0v) is 44.4. The Morgan fingerprint density at radius 3 is 1.53 bits per heavy atom. The number of nitrogens with one attached hydrogen (secondary N) is 1. The third-order valence-electron chi connectivity index (χ3n) is 13.4. The van der Waals surface area contributed by atoms with Gasteiger partial charge in [0, 0.05) is 6.42 Å². The van der Waals surface area contributed by atoms with E-state index in [-0.39, 0.29) is 18.9 Å². The lowest BCUT2D eigenvalue weighted by molar-refractivity contribution is -0.359. The fourth-order valence-corrected chi connectivity index (χ4v) is 8.83. The molecule has 2 saturated heterocycles. The molecule has 2 aliphatic heterocycles. The van der Waals surface area contributed by atoms with Crippen LogP contribution in [0, 0.1) is 0 Å². The second-order valence-electron chi connectivity index (χ2n) is 19.7. The van der Waals surface area contributed by atoms with Gasteiger partial charge in [-0.3, -0.25) is 4.79 Å². The number of aliphatic hydroxyl groups is 8. The van der Waals surface area contributed by atoms with Gasteiger partial charge in [-0.1, -0.05) is 189 Å². The van der Waals surface area contributed by atoms with Gasteiger partial charge in [-0.15, -0.1) is 0 Å². The molecule has 2 heterocycles. The molecule has 72 heavy (non-hydrogen) atoms. The third-order valence-corrected chi connectivity index (χ3v) is 13.4. The molecule has 2 rings (SSSR count). The zero-order chi connectivity index (χ0) is 52.4. The average molecular weight is 1020 g/mol. The molecule has 0 spiro atoms. The van der Waals surface area contributed by atoms with Gasteiger partial charge in [0.05, 0.1) is 32.0 Å². The summed E-state index contributed by atoms with van der Waals surface area (Å²) in [6.45, 7) is 2.65. The van der Waals surface area contributed by atoms with Crippen LogP contribution in [0.5, 0.6) is 0 Å². The number of carbonyl (C=O) groups is 1. The highest BCUT2D eigenvalue weighted by molar-refractivity contribution is 5.76. The van der Waals surface area contributed by atoms with Crippen molar-refractivity contribution in [2.45, 2.75) is 267 Å². The zero-order valence-electron chi connectivity index (χ0n) is 44.4. The number of amides is 1. The maximum Gasteiger partial charge on any atom is 0.220 e. The standard InChI is InChI=1S/C58H101NO13/c1-3-5-7-9-11-13-15-17-19-21-23-25-27-29-31-33-35-37-39-41-47(62)46(59-50(63)42-40-38-36-34-32-30-28-26-24-22-20-18-16-14-12-10-8-6-4-2)45-69-57-55(68)53(66)56(49(44-61)71-57)72-58-54(67)52(65)51(64)48(43-60)70-58/h6,8,12,14,18,20,24,26,31,33,39,41,46-49,51-58,60-62,64-68H,3-5,7,9-11,13,15-17,19,21-23,25,27-30,32,34-38,40,42-45H2,1-2H3,(H,59,63)/b8-6-,14-12-,20-18-,26-24-,33-31+,41-39+. The van der Waals surface area contributed by atoms with E-state index in [1.54, 1.807) is 6.08 Å². The number of unbranched alkanes of at least 4 members (excludes halogenated alkanes) is 20. The van der Waals surface area contributed by atoms with Gasteiger partial charge in [-0.25, -0.2) is 0 Å². The van der Waals surface area contributed by atoms with Gasteiger partial charge in [0.15, 0.2) is 12.6 Å². The summed E-state index contributed by atoms with van der Waals surface area (Å²) in [5, 5.41) is 87.0. The first-order valence-electron chi connectivity index (χ1n) is 28.2. The highest BCUT2D eigenvalue weighted by Crippen LogP contribution is 2.30. The molecule has 12 atom stereocenters. The molecular weight excluding hydrogens is 919 g/mol. The topological polar surface area (TPSA) is 228 Å². The van der Waals surface area contributed by atoms with Crippen molar-refractivity contribution in [3.8, 4) is 0 Å². The van der Waals surface area contributed by atoms with Gasteiger partial charge in [0.1, 0.15) is 48.8 Å². The molecule has 0 aromatic carbocycles. The second-order valence-corrected chi connectivity index (χ2v) is 19.7. The van der Waals surface area contributed by atoms with Crippen molar-refractivity contribution < 1.29 is 64.6 Å². The number of carbonyl (C=O) groups excluding carboxylic acids is 1. The fraction of sp³-hybridized carbons (Fsp3) is 0.776. The predicted octanol–water partition coefficient (Wildman–Crippen LogP) is 8.77. The molecule has 0 bridgehead atoms. The number of hydrogen-bond donors (Lipinski definition) is 9. The minimum absolute atomic E-state index is 0.254. The van der Waals surface area contributed by atoms with Crippen molar-refractivity contribution in [2.24, 2.45) is 0 Å². The summed E-state index contributed by atoms with van der Waals surface area (Å²) in [6.07, 6.45) is 39.3. The normalized spacial score (nSPS) is 26.1. The highest BCUT2D eigenvalue weighted by Gasteiger charge is 2.51. The number of aliphatic hydroxyl groups excluding tert-OH is 8. The molecule has 0 aliphatic carbocycles. The van der Waals surface area contributed by atoms with Crippen LogP contribution in [0.3, 0.4) is 0 Å².